The summed E-state index contributed by atoms with van der Waals surface area (Å²) in [6.07, 6.45) is 2.33. The number of hydrogen-bond acceptors (Lipinski definition) is 7. The van der Waals surface area contributed by atoms with E-state index in [1.807, 2.05) is 30.7 Å². The van der Waals surface area contributed by atoms with Gasteiger partial charge >= 0.3 is 0 Å². The van der Waals surface area contributed by atoms with Gasteiger partial charge in [0.25, 0.3) is 0 Å². The van der Waals surface area contributed by atoms with Crippen molar-refractivity contribution in [2.24, 2.45) is 5.92 Å². The van der Waals surface area contributed by atoms with E-state index in [1.54, 1.807) is 27.2 Å². The Labute approximate surface area is 174 Å². The maximum absolute atomic E-state index is 13.3. The Hall–Kier alpha value is -2.04. The summed E-state index contributed by atoms with van der Waals surface area (Å²) in [5, 5.41) is 12.4. The second kappa shape index (κ2) is 8.00. The van der Waals surface area contributed by atoms with Crippen molar-refractivity contribution in [2.75, 3.05) is 13.1 Å². The molecule has 4 rings (SSSR count). The van der Waals surface area contributed by atoms with Gasteiger partial charge in [-0.2, -0.15) is 25.7 Å². The molecule has 4 heterocycles. The Bertz CT molecular complexity index is 1090. The monoisotopic (exact) mass is 435 g/mol. The fraction of sp³-hybridized carbons (Fsp3) is 0.526. The van der Waals surface area contributed by atoms with Crippen molar-refractivity contribution in [3.8, 4) is 11.4 Å². The lowest BCUT2D eigenvalue weighted by Gasteiger charge is -2.31. The highest BCUT2D eigenvalue weighted by atomic mass is 32.2. The number of hydrogen-bond donors (Lipinski definition) is 0. The first kappa shape index (κ1) is 20.2. The first-order valence-corrected chi connectivity index (χ1v) is 12.2. The molecular formula is C19H25N5O3S2. The van der Waals surface area contributed by atoms with Crippen molar-refractivity contribution in [3.05, 3.63) is 34.1 Å². The summed E-state index contributed by atoms with van der Waals surface area (Å²) >= 11 is 1.58. The molecule has 1 fully saturated rings. The molecule has 156 valence electrons. The van der Waals surface area contributed by atoms with Gasteiger partial charge in [0.05, 0.1) is 11.4 Å². The van der Waals surface area contributed by atoms with Gasteiger partial charge < -0.3 is 4.52 Å². The number of rotatable bonds is 6. The molecule has 0 bridgehead atoms. The summed E-state index contributed by atoms with van der Waals surface area (Å²) < 4.78 is 35.4. The van der Waals surface area contributed by atoms with Crippen LogP contribution in [-0.2, 0) is 23.0 Å². The van der Waals surface area contributed by atoms with Crippen LogP contribution in [0.5, 0.6) is 0 Å². The lowest BCUT2D eigenvalue weighted by molar-refractivity contribution is 0.247. The van der Waals surface area contributed by atoms with Crippen LogP contribution in [0.15, 0.2) is 26.2 Å². The maximum atomic E-state index is 13.3. The van der Waals surface area contributed by atoms with Crippen LogP contribution in [0.2, 0.25) is 0 Å². The first-order chi connectivity index (χ1) is 13.9. The molecule has 1 saturated heterocycles. The van der Waals surface area contributed by atoms with Gasteiger partial charge in [0.15, 0.2) is 0 Å². The predicted molar refractivity (Wildman–Crippen MR) is 110 cm³/mol. The predicted octanol–water partition coefficient (Wildman–Crippen LogP) is 3.27. The zero-order chi connectivity index (χ0) is 20.6. The lowest BCUT2D eigenvalue weighted by atomic mass is 9.96. The zero-order valence-electron chi connectivity index (χ0n) is 16.8. The minimum atomic E-state index is -3.58. The highest BCUT2D eigenvalue weighted by molar-refractivity contribution is 7.89. The third kappa shape index (κ3) is 3.88. The number of thiophene rings is 1. The molecule has 0 aliphatic carbocycles. The molecule has 3 aromatic heterocycles. The summed E-state index contributed by atoms with van der Waals surface area (Å²) in [5.41, 5.74) is 2.20. The Morgan fingerprint density at radius 3 is 2.86 bits per heavy atom. The van der Waals surface area contributed by atoms with E-state index >= 15 is 0 Å². The average molecular weight is 436 g/mol. The molecule has 0 saturated carbocycles. The second-order valence-electron chi connectivity index (χ2n) is 7.41. The molecule has 1 atom stereocenters. The summed E-state index contributed by atoms with van der Waals surface area (Å²) in [6, 6.07) is 1.95. The Morgan fingerprint density at radius 2 is 2.17 bits per heavy atom. The van der Waals surface area contributed by atoms with E-state index in [0.29, 0.717) is 54.1 Å². The molecule has 8 nitrogen and oxygen atoms in total. The van der Waals surface area contributed by atoms with Gasteiger partial charge in [-0.3, -0.25) is 4.68 Å². The van der Waals surface area contributed by atoms with E-state index in [4.69, 9.17) is 4.52 Å². The SMILES string of the molecule is CCn1nc(C)c(S(=O)(=O)N2CCCC(Cc3nc(-c4ccsc4)no3)C2)c1C. The fourth-order valence-electron chi connectivity index (χ4n) is 4.00. The topological polar surface area (TPSA) is 94.1 Å². The molecule has 29 heavy (non-hydrogen) atoms. The fourth-order valence-corrected chi connectivity index (χ4v) is 6.56. The number of nitrogens with zero attached hydrogens (tertiary/aromatic N) is 5. The third-order valence-electron chi connectivity index (χ3n) is 5.40. The van der Waals surface area contributed by atoms with Crippen molar-refractivity contribution in [2.45, 2.75) is 51.5 Å². The van der Waals surface area contributed by atoms with E-state index in [9.17, 15) is 8.42 Å². The molecular weight excluding hydrogens is 410 g/mol. The van der Waals surface area contributed by atoms with Crippen LogP contribution in [0.4, 0.5) is 0 Å². The molecule has 0 aromatic carbocycles. The van der Waals surface area contributed by atoms with Crippen LogP contribution in [-0.4, -0.2) is 45.7 Å². The highest BCUT2D eigenvalue weighted by Gasteiger charge is 2.34. The van der Waals surface area contributed by atoms with Crippen molar-refractivity contribution in [1.29, 1.82) is 0 Å². The smallest absolute Gasteiger partial charge is 0.246 e. The lowest BCUT2D eigenvalue weighted by Crippen LogP contribution is -2.40. The molecule has 0 N–H and O–H groups in total. The van der Waals surface area contributed by atoms with E-state index in [0.717, 1.165) is 18.4 Å². The van der Waals surface area contributed by atoms with Gasteiger partial charge in [-0.15, -0.1) is 0 Å². The van der Waals surface area contributed by atoms with Gasteiger partial charge in [0, 0.05) is 37.0 Å². The summed E-state index contributed by atoms with van der Waals surface area (Å²) in [5.74, 6) is 1.29. The quantitative estimate of drug-likeness (QED) is 0.590. The summed E-state index contributed by atoms with van der Waals surface area (Å²) in [7, 11) is -3.58. The third-order valence-corrected chi connectivity index (χ3v) is 8.21. The van der Waals surface area contributed by atoms with Crippen LogP contribution in [0.3, 0.4) is 0 Å². The standard InChI is InChI=1S/C19H25N5O3S2/c1-4-24-14(3)18(13(2)21-24)29(25,26)23-8-5-6-15(11-23)10-17-20-19(22-27-17)16-7-9-28-12-16/h7,9,12,15H,4-6,8,10-11H2,1-3H3. The van der Waals surface area contributed by atoms with Crippen LogP contribution in [0.1, 0.15) is 37.0 Å². The summed E-state index contributed by atoms with van der Waals surface area (Å²) in [6.45, 7) is 7.17. The van der Waals surface area contributed by atoms with Crippen LogP contribution >= 0.6 is 11.3 Å². The number of aromatic nitrogens is 4. The number of sulfonamides is 1. The molecule has 3 aromatic rings. The minimum Gasteiger partial charge on any atom is -0.339 e. The van der Waals surface area contributed by atoms with Crippen molar-refractivity contribution >= 4 is 21.4 Å². The minimum absolute atomic E-state index is 0.149. The molecule has 0 spiro atoms. The van der Waals surface area contributed by atoms with E-state index in [1.165, 1.54) is 0 Å². The van der Waals surface area contributed by atoms with Crippen molar-refractivity contribution in [1.82, 2.24) is 24.2 Å². The number of aryl methyl sites for hydroxylation is 2. The van der Waals surface area contributed by atoms with Crippen LogP contribution < -0.4 is 0 Å². The molecule has 1 aliphatic heterocycles. The molecule has 1 unspecified atom stereocenters. The van der Waals surface area contributed by atoms with Gasteiger partial charge in [-0.1, -0.05) is 5.16 Å². The second-order valence-corrected chi connectivity index (χ2v) is 10.1. The maximum Gasteiger partial charge on any atom is 0.246 e. The van der Waals surface area contributed by atoms with Gasteiger partial charge in [0.2, 0.25) is 21.7 Å². The molecule has 10 heteroatoms. The van der Waals surface area contributed by atoms with Gasteiger partial charge in [0.1, 0.15) is 4.90 Å². The summed E-state index contributed by atoms with van der Waals surface area (Å²) in [4.78, 5) is 4.83. The highest BCUT2D eigenvalue weighted by Crippen LogP contribution is 2.29. The first-order valence-electron chi connectivity index (χ1n) is 9.79. The van der Waals surface area contributed by atoms with Gasteiger partial charge in [-0.05, 0) is 51.0 Å². The largest absolute Gasteiger partial charge is 0.339 e. The molecule has 0 amide bonds. The molecule has 0 radical (unpaired) electrons. The Balaban J connectivity index is 1.50. The normalized spacial score (nSPS) is 18.4. The Morgan fingerprint density at radius 1 is 1.34 bits per heavy atom. The van der Waals surface area contributed by atoms with Crippen molar-refractivity contribution in [3.63, 3.8) is 0 Å². The van der Waals surface area contributed by atoms with Crippen molar-refractivity contribution < 1.29 is 12.9 Å². The Kier molecular flexibility index (Phi) is 5.58. The van der Waals surface area contributed by atoms with E-state index in [-0.39, 0.29) is 5.92 Å². The van der Waals surface area contributed by atoms with E-state index < -0.39 is 10.0 Å². The van der Waals surface area contributed by atoms with E-state index in [2.05, 4.69) is 15.2 Å². The molecule has 1 aliphatic rings. The number of piperidine rings is 1. The van der Waals surface area contributed by atoms with Crippen LogP contribution in [0.25, 0.3) is 11.4 Å². The van der Waals surface area contributed by atoms with Gasteiger partial charge in [-0.25, -0.2) is 8.42 Å². The zero-order valence-corrected chi connectivity index (χ0v) is 18.5. The van der Waals surface area contributed by atoms with Crippen LogP contribution in [0, 0.1) is 19.8 Å². The average Bonchev–Trinajstić information content (AvgIpc) is 3.42.